The van der Waals surface area contributed by atoms with E-state index in [0.717, 1.165) is 0 Å². The third-order valence-corrected chi connectivity index (χ3v) is 13.3. The zero-order chi connectivity index (χ0) is 40.7. The van der Waals surface area contributed by atoms with Crippen LogP contribution in [0.2, 0.25) is 0 Å². The highest BCUT2D eigenvalue weighted by Gasteiger charge is 2.25. The van der Waals surface area contributed by atoms with Gasteiger partial charge in [0.1, 0.15) is 0 Å². The third kappa shape index (κ3) is 5.13. The number of para-hydroxylation sites is 2. The van der Waals surface area contributed by atoms with Crippen molar-refractivity contribution in [2.24, 2.45) is 0 Å². The minimum Gasteiger partial charge on any atom is -0.309 e. The average molecular weight is 771 g/mol. The summed E-state index contributed by atoms with van der Waals surface area (Å²) in [5.41, 5.74) is 15.3. The van der Waals surface area contributed by atoms with Crippen LogP contribution in [0.3, 0.4) is 0 Å². The van der Waals surface area contributed by atoms with Crippen molar-refractivity contribution >= 4 is 81.4 Å². The Labute approximate surface area is 350 Å². The summed E-state index contributed by atoms with van der Waals surface area (Å²) in [6, 6.07) is 64.4. The van der Waals surface area contributed by atoms with E-state index in [2.05, 4.69) is 220 Å². The van der Waals surface area contributed by atoms with E-state index in [1.54, 1.807) is 0 Å². The number of nitrogens with zero attached hydrogens (tertiary/aromatic N) is 2. The van der Waals surface area contributed by atoms with Crippen molar-refractivity contribution in [1.82, 2.24) is 8.97 Å². The molecule has 2 nitrogen and oxygen atoms in total. The second kappa shape index (κ2) is 12.3. The summed E-state index contributed by atoms with van der Waals surface area (Å²) in [6.07, 6.45) is 0. The van der Waals surface area contributed by atoms with Gasteiger partial charge in [0.25, 0.3) is 0 Å². The quantitative estimate of drug-likeness (QED) is 0.169. The lowest BCUT2D eigenvalue weighted by Gasteiger charge is -2.19. The maximum Gasteiger partial charge on any atom is 0.0642 e. The zero-order valence-electron chi connectivity index (χ0n) is 35.1. The van der Waals surface area contributed by atoms with Crippen molar-refractivity contribution < 1.29 is 0 Å². The molecule has 0 radical (unpaired) electrons. The van der Waals surface area contributed by atoms with E-state index in [1.807, 2.05) is 0 Å². The van der Waals surface area contributed by atoms with Gasteiger partial charge in [0.05, 0.1) is 27.6 Å². The number of rotatable bonds is 3. The minimum absolute atomic E-state index is 0.116. The van der Waals surface area contributed by atoms with E-state index in [4.69, 9.17) is 0 Å². The lowest BCUT2D eigenvalue weighted by atomic mass is 9.86. The van der Waals surface area contributed by atoms with Crippen LogP contribution in [-0.4, -0.2) is 8.97 Å². The van der Waals surface area contributed by atoms with Gasteiger partial charge in [-0.05, 0) is 126 Å². The summed E-state index contributed by atoms with van der Waals surface area (Å²) < 4.78 is 5.08. The maximum absolute atomic E-state index is 2.58. The second-order valence-corrected chi connectivity index (χ2v) is 19.1. The van der Waals surface area contributed by atoms with E-state index in [-0.39, 0.29) is 10.8 Å². The average Bonchev–Trinajstić information content (AvgIpc) is 3.88. The van der Waals surface area contributed by atoms with Crippen LogP contribution in [0.5, 0.6) is 0 Å². The third-order valence-electron chi connectivity index (χ3n) is 13.3. The van der Waals surface area contributed by atoms with Crippen molar-refractivity contribution in [1.29, 1.82) is 0 Å². The van der Waals surface area contributed by atoms with Gasteiger partial charge in [-0.1, -0.05) is 151 Å². The number of aromatic nitrogens is 2. The van der Waals surface area contributed by atoms with E-state index in [0.29, 0.717) is 0 Å². The van der Waals surface area contributed by atoms with E-state index in [9.17, 15) is 0 Å². The molecule has 3 aromatic heterocycles. The summed E-state index contributed by atoms with van der Waals surface area (Å²) in [7, 11) is 0. The van der Waals surface area contributed by atoms with Gasteiger partial charge in [-0.15, -0.1) is 0 Å². The van der Waals surface area contributed by atoms with Gasteiger partial charge in [0, 0.05) is 38.0 Å². The van der Waals surface area contributed by atoms with Crippen molar-refractivity contribution in [3.63, 3.8) is 0 Å². The van der Waals surface area contributed by atoms with Gasteiger partial charge in [-0.25, -0.2) is 0 Å². The van der Waals surface area contributed by atoms with Gasteiger partial charge in [-0.2, -0.15) is 0 Å². The Morgan fingerprint density at radius 1 is 0.333 bits per heavy atom. The molecule has 2 heteroatoms. The molecule has 0 aliphatic carbocycles. The van der Waals surface area contributed by atoms with Crippen molar-refractivity contribution in [3.05, 3.63) is 181 Å². The van der Waals surface area contributed by atoms with Gasteiger partial charge in [0.15, 0.2) is 0 Å². The molecule has 0 N–H and O–H groups in total. The largest absolute Gasteiger partial charge is 0.309 e. The molecule has 0 saturated carbocycles. The summed E-state index contributed by atoms with van der Waals surface area (Å²) in [4.78, 5) is 0. The highest BCUT2D eigenvalue weighted by atomic mass is 15.0. The molecular weight excluding hydrogens is 725 g/mol. The molecule has 0 saturated heterocycles. The Morgan fingerprint density at radius 2 is 0.833 bits per heavy atom. The Bertz CT molecular complexity index is 3680. The smallest absolute Gasteiger partial charge is 0.0642 e. The van der Waals surface area contributed by atoms with Gasteiger partial charge in [-0.3, -0.25) is 0 Å². The predicted octanol–water partition coefficient (Wildman–Crippen LogP) is 16.2. The first-order valence-corrected chi connectivity index (χ1v) is 21.3. The number of benzene rings is 9. The minimum atomic E-state index is 0.116. The van der Waals surface area contributed by atoms with Crippen LogP contribution in [0.15, 0.2) is 170 Å². The molecule has 0 amide bonds. The van der Waals surface area contributed by atoms with Crippen LogP contribution < -0.4 is 0 Å². The number of hydrogen-bond acceptors (Lipinski definition) is 0. The molecule has 0 aliphatic heterocycles. The fourth-order valence-corrected chi connectivity index (χ4v) is 10.1. The molecule has 12 aromatic rings. The van der Waals surface area contributed by atoms with E-state index < -0.39 is 0 Å². The number of hydrogen-bond donors (Lipinski definition) is 0. The summed E-state index contributed by atoms with van der Waals surface area (Å²) in [5, 5.41) is 12.7. The Morgan fingerprint density at radius 3 is 1.42 bits per heavy atom. The molecule has 9 aromatic carbocycles. The van der Waals surface area contributed by atoms with Crippen molar-refractivity contribution in [3.8, 4) is 27.9 Å². The molecule has 12 rings (SSSR count). The lowest BCUT2D eigenvalue weighted by Crippen LogP contribution is -2.10. The first-order valence-electron chi connectivity index (χ1n) is 21.3. The molecular formula is C58H46N2. The lowest BCUT2D eigenvalue weighted by molar-refractivity contribution is 0.590. The summed E-state index contributed by atoms with van der Waals surface area (Å²) >= 11 is 0. The van der Waals surface area contributed by atoms with E-state index >= 15 is 0 Å². The molecule has 0 spiro atoms. The first-order chi connectivity index (χ1) is 29.0. The summed E-state index contributed by atoms with van der Waals surface area (Å²) in [6.45, 7) is 13.7. The summed E-state index contributed by atoms with van der Waals surface area (Å²) in [5.74, 6) is 0. The molecule has 0 unspecified atom stereocenters. The standard InChI is InChI=1S/C58H46N2/c1-57(2,3)43-24-20-35(21-25-43)37-16-18-39-30-47-49-34-48-46-14-10-11-15-51(46)59(45-12-8-7-9-13-45)55(48)54-50-31-40-19-17-38(36-22-26-44(27-23-36)58(4,5)6)29-42(40)33-53(50)60(56(49)54)52(47)32-41(39)28-37/h7-34H,1-6H3. The van der Waals surface area contributed by atoms with Crippen molar-refractivity contribution in [2.75, 3.05) is 0 Å². The molecule has 0 fully saturated rings. The Hall–Kier alpha value is -6.90. The molecule has 288 valence electrons. The predicted molar refractivity (Wildman–Crippen MR) is 259 cm³/mol. The molecule has 0 aliphatic rings. The van der Waals surface area contributed by atoms with E-state index in [1.165, 1.54) is 121 Å². The highest BCUT2D eigenvalue weighted by molar-refractivity contribution is 6.35. The van der Waals surface area contributed by atoms with Crippen LogP contribution in [0.4, 0.5) is 0 Å². The highest BCUT2D eigenvalue weighted by Crippen LogP contribution is 2.48. The van der Waals surface area contributed by atoms with Crippen molar-refractivity contribution in [2.45, 2.75) is 52.4 Å². The first kappa shape index (κ1) is 35.1. The molecule has 3 heterocycles. The number of fused-ring (bicyclic) bond motifs is 12. The van der Waals surface area contributed by atoms with Crippen LogP contribution in [0, 0.1) is 0 Å². The van der Waals surface area contributed by atoms with Crippen LogP contribution >= 0.6 is 0 Å². The van der Waals surface area contributed by atoms with Crippen LogP contribution in [0.25, 0.3) is 109 Å². The van der Waals surface area contributed by atoms with Crippen LogP contribution in [-0.2, 0) is 10.8 Å². The molecule has 60 heavy (non-hydrogen) atoms. The zero-order valence-corrected chi connectivity index (χ0v) is 35.1. The fraction of sp³-hybridized carbons (Fsp3) is 0.138. The normalized spacial score (nSPS) is 12.8. The second-order valence-electron chi connectivity index (χ2n) is 19.1. The SMILES string of the molecule is CC(C)(C)c1ccc(-c2ccc3cc4c5cc6c7ccccc7n(-c7ccccc7)c6c6c7cc8ccc(-c9ccc(C(C)(C)C)cc9)cc8cc7n(c4cc3c2)c56)cc1. The topological polar surface area (TPSA) is 9.34 Å². The Kier molecular flexibility index (Phi) is 7.20. The molecule has 0 atom stereocenters. The van der Waals surface area contributed by atoms with Gasteiger partial charge in [0.2, 0.25) is 0 Å². The van der Waals surface area contributed by atoms with Gasteiger partial charge < -0.3 is 8.97 Å². The van der Waals surface area contributed by atoms with Gasteiger partial charge >= 0.3 is 0 Å². The molecule has 0 bridgehead atoms. The Balaban J connectivity index is 1.18. The van der Waals surface area contributed by atoms with Crippen LogP contribution in [0.1, 0.15) is 52.7 Å². The fourth-order valence-electron chi connectivity index (χ4n) is 10.1. The maximum atomic E-state index is 2.58. The monoisotopic (exact) mass is 770 g/mol.